The van der Waals surface area contributed by atoms with Gasteiger partial charge in [-0.05, 0) is 18.2 Å². The standard InChI is InChI=1S/C13H9BrFNO3/c1-19-13-8(4-2-7-11(13)16(17)18)12-9(14)5-3-6-10(12)15/h2-7H,1H3. The summed E-state index contributed by atoms with van der Waals surface area (Å²) in [6.07, 6.45) is 0. The number of ether oxygens (including phenoxy) is 1. The van der Waals surface area contributed by atoms with Crippen LogP contribution in [0.3, 0.4) is 0 Å². The summed E-state index contributed by atoms with van der Waals surface area (Å²) in [4.78, 5) is 10.4. The molecule has 0 amide bonds. The molecule has 2 aromatic carbocycles. The Morgan fingerprint density at radius 2 is 1.95 bits per heavy atom. The van der Waals surface area contributed by atoms with Gasteiger partial charge < -0.3 is 4.74 Å². The van der Waals surface area contributed by atoms with E-state index in [1.807, 2.05) is 0 Å². The summed E-state index contributed by atoms with van der Waals surface area (Å²) in [6, 6.07) is 8.89. The molecular weight excluding hydrogens is 317 g/mol. The van der Waals surface area contributed by atoms with E-state index < -0.39 is 10.7 Å². The molecule has 6 heteroatoms. The molecule has 19 heavy (non-hydrogen) atoms. The largest absolute Gasteiger partial charge is 0.490 e. The number of para-hydroxylation sites is 1. The van der Waals surface area contributed by atoms with Crippen molar-refractivity contribution in [3.05, 3.63) is 56.8 Å². The Balaban J connectivity index is 2.76. The fourth-order valence-corrected chi connectivity index (χ4v) is 2.39. The van der Waals surface area contributed by atoms with Crippen LogP contribution in [0.25, 0.3) is 11.1 Å². The first-order valence-corrected chi connectivity index (χ1v) is 6.11. The highest BCUT2D eigenvalue weighted by Gasteiger charge is 2.22. The molecule has 0 heterocycles. The van der Waals surface area contributed by atoms with E-state index in [0.29, 0.717) is 10.0 Å². The van der Waals surface area contributed by atoms with Crippen LogP contribution in [-0.4, -0.2) is 12.0 Å². The van der Waals surface area contributed by atoms with Gasteiger partial charge in [0.1, 0.15) is 5.82 Å². The first-order chi connectivity index (χ1) is 9.06. The topological polar surface area (TPSA) is 52.4 Å². The van der Waals surface area contributed by atoms with E-state index in [1.165, 1.54) is 25.3 Å². The van der Waals surface area contributed by atoms with E-state index >= 15 is 0 Å². The van der Waals surface area contributed by atoms with Crippen molar-refractivity contribution in [2.75, 3.05) is 7.11 Å². The van der Waals surface area contributed by atoms with Gasteiger partial charge in [0.05, 0.1) is 12.0 Å². The Morgan fingerprint density at radius 3 is 2.53 bits per heavy atom. The van der Waals surface area contributed by atoms with Crippen molar-refractivity contribution in [2.24, 2.45) is 0 Å². The van der Waals surface area contributed by atoms with E-state index in [9.17, 15) is 14.5 Å². The Hall–Kier alpha value is -1.95. The van der Waals surface area contributed by atoms with E-state index in [4.69, 9.17) is 4.74 Å². The zero-order valence-corrected chi connectivity index (χ0v) is 11.5. The van der Waals surface area contributed by atoms with Crippen LogP contribution in [0.1, 0.15) is 0 Å². The van der Waals surface area contributed by atoms with Gasteiger partial charge in [-0.2, -0.15) is 0 Å². The molecule has 0 fully saturated rings. The van der Waals surface area contributed by atoms with E-state index in [0.717, 1.165) is 0 Å². The molecule has 0 spiro atoms. The lowest BCUT2D eigenvalue weighted by atomic mass is 10.0. The molecule has 0 radical (unpaired) electrons. The van der Waals surface area contributed by atoms with Crippen molar-refractivity contribution in [1.29, 1.82) is 0 Å². The molecular formula is C13H9BrFNO3. The summed E-state index contributed by atoms with van der Waals surface area (Å²) in [5.41, 5.74) is 0.375. The van der Waals surface area contributed by atoms with Gasteiger partial charge in [-0.3, -0.25) is 10.1 Å². The zero-order valence-electron chi connectivity index (χ0n) is 9.89. The second-order valence-electron chi connectivity index (χ2n) is 3.71. The molecule has 4 nitrogen and oxygen atoms in total. The van der Waals surface area contributed by atoms with Gasteiger partial charge in [-0.1, -0.05) is 28.1 Å². The van der Waals surface area contributed by atoms with Crippen LogP contribution in [0.5, 0.6) is 5.75 Å². The maximum Gasteiger partial charge on any atom is 0.311 e. The van der Waals surface area contributed by atoms with Gasteiger partial charge in [-0.15, -0.1) is 0 Å². The fraction of sp³-hybridized carbons (Fsp3) is 0.0769. The number of nitro groups is 1. The molecule has 0 N–H and O–H groups in total. The van der Waals surface area contributed by atoms with Crippen molar-refractivity contribution in [3.8, 4) is 16.9 Å². The summed E-state index contributed by atoms with van der Waals surface area (Å²) in [7, 11) is 1.32. The van der Waals surface area contributed by atoms with Gasteiger partial charge in [0.25, 0.3) is 0 Å². The summed E-state index contributed by atoms with van der Waals surface area (Å²) < 4.78 is 19.5. The Morgan fingerprint density at radius 1 is 1.26 bits per heavy atom. The number of hydrogen-bond donors (Lipinski definition) is 0. The summed E-state index contributed by atoms with van der Waals surface area (Å²) >= 11 is 3.24. The number of halogens is 2. The first-order valence-electron chi connectivity index (χ1n) is 5.32. The van der Waals surface area contributed by atoms with Crippen LogP contribution in [0, 0.1) is 15.9 Å². The molecule has 0 aromatic heterocycles. The molecule has 0 aliphatic heterocycles. The van der Waals surface area contributed by atoms with Gasteiger partial charge in [-0.25, -0.2) is 4.39 Å². The lowest BCUT2D eigenvalue weighted by Gasteiger charge is -2.11. The quantitative estimate of drug-likeness (QED) is 0.628. The third kappa shape index (κ3) is 2.44. The third-order valence-corrected chi connectivity index (χ3v) is 3.29. The van der Waals surface area contributed by atoms with Crippen molar-refractivity contribution in [3.63, 3.8) is 0 Å². The van der Waals surface area contributed by atoms with Gasteiger partial charge >= 0.3 is 5.69 Å². The van der Waals surface area contributed by atoms with Crippen LogP contribution in [0.15, 0.2) is 40.9 Å². The summed E-state index contributed by atoms with van der Waals surface area (Å²) in [6.45, 7) is 0. The van der Waals surface area contributed by atoms with Crippen LogP contribution in [0.4, 0.5) is 10.1 Å². The van der Waals surface area contributed by atoms with Crippen molar-refractivity contribution < 1.29 is 14.1 Å². The van der Waals surface area contributed by atoms with E-state index in [-0.39, 0.29) is 17.0 Å². The van der Waals surface area contributed by atoms with Crippen molar-refractivity contribution in [2.45, 2.75) is 0 Å². The molecule has 0 aliphatic rings. The van der Waals surface area contributed by atoms with Gasteiger partial charge in [0, 0.05) is 21.7 Å². The van der Waals surface area contributed by atoms with Crippen LogP contribution < -0.4 is 4.74 Å². The molecule has 0 unspecified atom stereocenters. The minimum atomic E-state index is -0.558. The first kappa shape index (κ1) is 13.5. The average Bonchev–Trinajstić information content (AvgIpc) is 2.38. The molecule has 2 aromatic rings. The van der Waals surface area contributed by atoms with Crippen LogP contribution in [-0.2, 0) is 0 Å². The molecule has 0 aliphatic carbocycles. The second-order valence-corrected chi connectivity index (χ2v) is 4.57. The normalized spacial score (nSPS) is 10.3. The molecule has 0 saturated carbocycles. The van der Waals surface area contributed by atoms with Crippen LogP contribution >= 0.6 is 15.9 Å². The average molecular weight is 326 g/mol. The number of hydrogen-bond acceptors (Lipinski definition) is 3. The minimum Gasteiger partial charge on any atom is -0.490 e. The predicted octanol–water partition coefficient (Wildman–Crippen LogP) is 4.17. The molecule has 0 saturated heterocycles. The fourth-order valence-electron chi connectivity index (χ4n) is 1.84. The zero-order chi connectivity index (χ0) is 14.0. The van der Waals surface area contributed by atoms with Crippen molar-refractivity contribution >= 4 is 21.6 Å². The Kier molecular flexibility index (Phi) is 3.80. The monoisotopic (exact) mass is 325 g/mol. The maximum absolute atomic E-state index is 13.9. The second kappa shape index (κ2) is 5.36. The minimum absolute atomic E-state index is 0.0401. The summed E-state index contributed by atoms with van der Waals surface area (Å²) in [5.74, 6) is -0.438. The highest BCUT2D eigenvalue weighted by Crippen LogP contribution is 2.41. The third-order valence-electron chi connectivity index (χ3n) is 2.63. The van der Waals surface area contributed by atoms with Gasteiger partial charge in [0.15, 0.2) is 0 Å². The van der Waals surface area contributed by atoms with Crippen LogP contribution in [0.2, 0.25) is 0 Å². The molecule has 2 rings (SSSR count). The molecule has 0 bridgehead atoms. The molecule has 98 valence electrons. The number of rotatable bonds is 3. The van der Waals surface area contributed by atoms with E-state index in [1.54, 1.807) is 18.2 Å². The number of benzene rings is 2. The van der Waals surface area contributed by atoms with Crippen molar-refractivity contribution in [1.82, 2.24) is 0 Å². The lowest BCUT2D eigenvalue weighted by Crippen LogP contribution is -1.97. The maximum atomic E-state index is 13.9. The van der Waals surface area contributed by atoms with E-state index in [2.05, 4.69) is 15.9 Å². The lowest BCUT2D eigenvalue weighted by molar-refractivity contribution is -0.385. The predicted molar refractivity (Wildman–Crippen MR) is 72.7 cm³/mol. The smallest absolute Gasteiger partial charge is 0.311 e. The highest BCUT2D eigenvalue weighted by atomic mass is 79.9. The highest BCUT2D eigenvalue weighted by molar-refractivity contribution is 9.10. The number of methoxy groups -OCH3 is 1. The SMILES string of the molecule is COc1c(-c2c(F)cccc2Br)cccc1[N+](=O)[O-]. The molecule has 0 atom stereocenters. The number of nitro benzene ring substituents is 1. The summed E-state index contributed by atoms with van der Waals surface area (Å²) in [5, 5.41) is 11.0. The number of nitrogens with zero attached hydrogens (tertiary/aromatic N) is 1. The Bertz CT molecular complexity index is 626. The van der Waals surface area contributed by atoms with Gasteiger partial charge in [0.2, 0.25) is 5.75 Å². The Labute approximate surface area is 117 Å².